The monoisotopic (exact) mass is 399 g/mol. The first-order valence-electron chi connectivity index (χ1n) is 5.50. The smallest absolute Gasteiger partial charge is 0.258 e. The van der Waals surface area contributed by atoms with E-state index in [0.717, 1.165) is 9.26 Å². The lowest BCUT2D eigenvalue weighted by Crippen LogP contribution is -2.06. The second-order valence-electron chi connectivity index (χ2n) is 3.70. The van der Waals surface area contributed by atoms with Crippen LogP contribution >= 0.6 is 34.2 Å². The Kier molecular flexibility index (Phi) is 3.74. The summed E-state index contributed by atoms with van der Waals surface area (Å²) in [7, 11) is 0. The SMILES string of the molecule is Clc1nc(Nc2ccc(I)cc2)nc(-n2cncn2)n1. The molecule has 2 aromatic heterocycles. The number of nitrogens with zero attached hydrogens (tertiary/aromatic N) is 6. The number of rotatable bonds is 3. The first kappa shape index (κ1) is 13.2. The van der Waals surface area contributed by atoms with Gasteiger partial charge in [0.2, 0.25) is 11.2 Å². The number of hydrogen-bond donors (Lipinski definition) is 1. The van der Waals surface area contributed by atoms with Crippen molar-refractivity contribution in [2.75, 3.05) is 5.32 Å². The van der Waals surface area contributed by atoms with Crippen molar-refractivity contribution in [1.82, 2.24) is 29.7 Å². The van der Waals surface area contributed by atoms with Gasteiger partial charge in [0.1, 0.15) is 12.7 Å². The predicted molar refractivity (Wildman–Crippen MR) is 82.2 cm³/mol. The van der Waals surface area contributed by atoms with Crippen molar-refractivity contribution < 1.29 is 0 Å². The quantitative estimate of drug-likeness (QED) is 0.682. The molecule has 0 atom stereocenters. The topological polar surface area (TPSA) is 81.4 Å². The average molecular weight is 400 g/mol. The van der Waals surface area contributed by atoms with E-state index >= 15 is 0 Å². The molecule has 0 bridgehead atoms. The molecule has 0 aliphatic carbocycles. The maximum atomic E-state index is 5.89. The minimum atomic E-state index is 0.0820. The highest BCUT2D eigenvalue weighted by molar-refractivity contribution is 14.1. The molecule has 20 heavy (non-hydrogen) atoms. The van der Waals surface area contributed by atoms with Gasteiger partial charge in [-0.1, -0.05) is 0 Å². The molecule has 0 spiro atoms. The summed E-state index contributed by atoms with van der Waals surface area (Å²) in [4.78, 5) is 16.1. The van der Waals surface area contributed by atoms with Gasteiger partial charge in [0.15, 0.2) is 0 Å². The molecular formula is C11H7ClIN7. The summed E-state index contributed by atoms with van der Waals surface area (Å²) in [5.74, 6) is 0.646. The third kappa shape index (κ3) is 3.02. The van der Waals surface area contributed by atoms with E-state index in [1.165, 1.54) is 17.3 Å². The lowest BCUT2D eigenvalue weighted by atomic mass is 10.3. The van der Waals surface area contributed by atoms with Crippen LogP contribution in [0, 0.1) is 3.57 Å². The fourth-order valence-electron chi connectivity index (χ4n) is 1.47. The number of anilines is 2. The second-order valence-corrected chi connectivity index (χ2v) is 5.28. The van der Waals surface area contributed by atoms with Gasteiger partial charge in [-0.3, -0.25) is 0 Å². The van der Waals surface area contributed by atoms with E-state index in [2.05, 4.69) is 52.9 Å². The molecule has 3 aromatic rings. The van der Waals surface area contributed by atoms with Crippen LogP contribution in [0.3, 0.4) is 0 Å². The number of nitrogens with one attached hydrogen (secondary N) is 1. The molecule has 7 nitrogen and oxygen atoms in total. The fourth-order valence-corrected chi connectivity index (χ4v) is 1.99. The molecule has 2 heterocycles. The van der Waals surface area contributed by atoms with Crippen molar-refractivity contribution >= 4 is 45.8 Å². The third-order valence-electron chi connectivity index (χ3n) is 2.32. The first-order chi connectivity index (χ1) is 9.70. The Morgan fingerprint density at radius 2 is 1.90 bits per heavy atom. The highest BCUT2D eigenvalue weighted by atomic mass is 127. The number of benzene rings is 1. The fraction of sp³-hybridized carbons (Fsp3) is 0. The minimum absolute atomic E-state index is 0.0820. The summed E-state index contributed by atoms with van der Waals surface area (Å²) in [6.45, 7) is 0. The largest absolute Gasteiger partial charge is 0.324 e. The summed E-state index contributed by atoms with van der Waals surface area (Å²) in [6.07, 6.45) is 2.88. The van der Waals surface area contributed by atoms with Crippen molar-refractivity contribution in [3.05, 3.63) is 45.8 Å². The van der Waals surface area contributed by atoms with Gasteiger partial charge in [0.05, 0.1) is 0 Å². The maximum Gasteiger partial charge on any atom is 0.258 e. The van der Waals surface area contributed by atoms with E-state index in [4.69, 9.17) is 11.6 Å². The van der Waals surface area contributed by atoms with Crippen LogP contribution in [-0.2, 0) is 0 Å². The molecule has 0 unspecified atom stereocenters. The zero-order valence-electron chi connectivity index (χ0n) is 9.90. The van der Waals surface area contributed by atoms with Crippen molar-refractivity contribution in [3.63, 3.8) is 0 Å². The van der Waals surface area contributed by atoms with Crippen LogP contribution in [0.25, 0.3) is 5.95 Å². The summed E-state index contributed by atoms with van der Waals surface area (Å²) in [6, 6.07) is 7.80. The third-order valence-corrected chi connectivity index (χ3v) is 3.21. The molecular weight excluding hydrogens is 393 g/mol. The van der Waals surface area contributed by atoms with E-state index in [0.29, 0.717) is 11.9 Å². The predicted octanol–water partition coefficient (Wildman–Crippen LogP) is 2.45. The van der Waals surface area contributed by atoms with Crippen LogP contribution in [0.5, 0.6) is 0 Å². The second kappa shape index (κ2) is 5.67. The highest BCUT2D eigenvalue weighted by Crippen LogP contribution is 2.16. The number of aromatic nitrogens is 6. The molecule has 1 aromatic carbocycles. The zero-order valence-corrected chi connectivity index (χ0v) is 12.8. The van der Waals surface area contributed by atoms with Crippen LogP contribution < -0.4 is 5.32 Å². The van der Waals surface area contributed by atoms with Gasteiger partial charge in [-0.25, -0.2) is 4.98 Å². The van der Waals surface area contributed by atoms with Gasteiger partial charge in [-0.15, -0.1) is 0 Å². The first-order valence-corrected chi connectivity index (χ1v) is 6.95. The van der Waals surface area contributed by atoms with E-state index < -0.39 is 0 Å². The Hall–Kier alpha value is -1.81. The van der Waals surface area contributed by atoms with Crippen molar-refractivity contribution in [1.29, 1.82) is 0 Å². The molecule has 0 fully saturated rings. The van der Waals surface area contributed by atoms with Crippen LogP contribution in [0.4, 0.5) is 11.6 Å². The average Bonchev–Trinajstić information content (AvgIpc) is 2.95. The molecule has 3 rings (SSSR count). The van der Waals surface area contributed by atoms with Crippen molar-refractivity contribution in [3.8, 4) is 5.95 Å². The van der Waals surface area contributed by atoms with E-state index in [1.54, 1.807) is 0 Å². The summed E-state index contributed by atoms with van der Waals surface area (Å²) >= 11 is 8.13. The zero-order chi connectivity index (χ0) is 13.9. The Bertz CT molecular complexity index is 714. The van der Waals surface area contributed by atoms with E-state index in [9.17, 15) is 0 Å². The van der Waals surface area contributed by atoms with Crippen LogP contribution in [0.15, 0.2) is 36.9 Å². The molecule has 1 N–H and O–H groups in total. The molecule has 0 aliphatic rings. The molecule has 0 saturated heterocycles. The van der Waals surface area contributed by atoms with Gasteiger partial charge >= 0.3 is 0 Å². The maximum absolute atomic E-state index is 5.89. The Labute approximate surface area is 132 Å². The van der Waals surface area contributed by atoms with E-state index in [1.807, 2.05) is 24.3 Å². The van der Waals surface area contributed by atoms with Gasteiger partial charge < -0.3 is 5.32 Å². The number of hydrogen-bond acceptors (Lipinski definition) is 6. The molecule has 100 valence electrons. The lowest BCUT2D eigenvalue weighted by molar-refractivity contribution is 0.796. The minimum Gasteiger partial charge on any atom is -0.324 e. The standard InChI is InChI=1S/C11H7ClIN7/c12-9-17-10(16-8-3-1-7(13)2-4-8)19-11(18-9)20-6-14-5-15-20/h1-6H,(H,16,17,18,19). The van der Waals surface area contributed by atoms with Crippen molar-refractivity contribution in [2.45, 2.75) is 0 Å². The van der Waals surface area contributed by atoms with E-state index in [-0.39, 0.29) is 5.28 Å². The van der Waals surface area contributed by atoms with Gasteiger partial charge in [-0.2, -0.15) is 24.7 Å². The summed E-state index contributed by atoms with van der Waals surface area (Å²) in [5, 5.41) is 7.10. The Morgan fingerprint density at radius 1 is 1.10 bits per heavy atom. The van der Waals surface area contributed by atoms with Gasteiger partial charge in [-0.05, 0) is 58.5 Å². The molecule has 0 radical (unpaired) electrons. The number of halogens is 2. The Balaban J connectivity index is 1.92. The van der Waals surface area contributed by atoms with Gasteiger partial charge in [0.25, 0.3) is 5.95 Å². The molecule has 9 heteroatoms. The Morgan fingerprint density at radius 3 is 2.60 bits per heavy atom. The van der Waals surface area contributed by atoms with Crippen LogP contribution in [-0.4, -0.2) is 29.7 Å². The molecule has 0 amide bonds. The summed E-state index contributed by atoms with van der Waals surface area (Å²) < 4.78 is 2.55. The van der Waals surface area contributed by atoms with Crippen molar-refractivity contribution in [2.24, 2.45) is 0 Å². The molecule has 0 saturated carbocycles. The van der Waals surface area contributed by atoms with Crippen LogP contribution in [0.2, 0.25) is 5.28 Å². The lowest BCUT2D eigenvalue weighted by Gasteiger charge is -2.06. The normalized spacial score (nSPS) is 10.5. The van der Waals surface area contributed by atoms with Gasteiger partial charge in [0, 0.05) is 9.26 Å². The highest BCUT2D eigenvalue weighted by Gasteiger charge is 2.07. The summed E-state index contributed by atoms with van der Waals surface area (Å²) in [5.41, 5.74) is 0.859. The molecule has 0 aliphatic heterocycles. The van der Waals surface area contributed by atoms with Crippen LogP contribution in [0.1, 0.15) is 0 Å².